The lowest BCUT2D eigenvalue weighted by molar-refractivity contribution is 0.00765. The van der Waals surface area contributed by atoms with E-state index < -0.39 is 0 Å². The standard InChI is InChI=1S/C21H44N2O/c1-6-17(2)9-7-10-18(3)11-8-12-19(4)15-23-20(5)21-16-22-13-14-24-21/h17-23H,6-16H2,1-5H3. The van der Waals surface area contributed by atoms with Crippen LogP contribution in [0.1, 0.15) is 79.6 Å². The molecule has 3 nitrogen and oxygen atoms in total. The zero-order chi connectivity index (χ0) is 17.8. The Kier molecular flexibility index (Phi) is 12.0. The monoisotopic (exact) mass is 340 g/mol. The van der Waals surface area contributed by atoms with Gasteiger partial charge in [-0.25, -0.2) is 0 Å². The van der Waals surface area contributed by atoms with Crippen molar-refractivity contribution in [1.29, 1.82) is 0 Å². The molecule has 1 rings (SSSR count). The van der Waals surface area contributed by atoms with E-state index in [4.69, 9.17) is 4.74 Å². The number of rotatable bonds is 13. The zero-order valence-corrected chi connectivity index (χ0v) is 17.1. The Balaban J connectivity index is 2.01. The van der Waals surface area contributed by atoms with Crippen molar-refractivity contribution in [3.8, 4) is 0 Å². The molecule has 5 atom stereocenters. The van der Waals surface area contributed by atoms with Crippen molar-refractivity contribution in [2.45, 2.75) is 91.7 Å². The van der Waals surface area contributed by atoms with Crippen molar-refractivity contribution in [1.82, 2.24) is 10.6 Å². The molecule has 3 heteroatoms. The maximum Gasteiger partial charge on any atom is 0.0850 e. The van der Waals surface area contributed by atoms with Crippen LogP contribution in [0.15, 0.2) is 0 Å². The second-order valence-corrected chi connectivity index (χ2v) is 8.40. The largest absolute Gasteiger partial charge is 0.374 e. The van der Waals surface area contributed by atoms with Gasteiger partial charge in [-0.2, -0.15) is 0 Å². The van der Waals surface area contributed by atoms with Gasteiger partial charge in [-0.05, 0) is 37.6 Å². The van der Waals surface area contributed by atoms with E-state index in [2.05, 4.69) is 45.3 Å². The van der Waals surface area contributed by atoms with Crippen LogP contribution in [0, 0.1) is 17.8 Å². The SMILES string of the molecule is CCC(C)CCCC(C)CCCC(C)CNC(C)C1CNCCO1. The molecule has 144 valence electrons. The summed E-state index contributed by atoms with van der Waals surface area (Å²) < 4.78 is 5.82. The third-order valence-electron chi connectivity index (χ3n) is 5.79. The zero-order valence-electron chi connectivity index (χ0n) is 17.1. The van der Waals surface area contributed by atoms with Gasteiger partial charge in [0.25, 0.3) is 0 Å². The molecule has 0 aliphatic carbocycles. The van der Waals surface area contributed by atoms with E-state index in [-0.39, 0.29) is 0 Å². The van der Waals surface area contributed by atoms with Crippen LogP contribution < -0.4 is 10.6 Å². The lowest BCUT2D eigenvalue weighted by atomic mass is 9.92. The number of hydrogen-bond donors (Lipinski definition) is 2. The molecule has 0 spiro atoms. The molecule has 0 radical (unpaired) electrons. The van der Waals surface area contributed by atoms with E-state index in [1.165, 1.54) is 44.9 Å². The van der Waals surface area contributed by atoms with E-state index in [9.17, 15) is 0 Å². The Morgan fingerprint density at radius 2 is 1.58 bits per heavy atom. The van der Waals surface area contributed by atoms with Crippen molar-refractivity contribution in [2.75, 3.05) is 26.2 Å². The average Bonchev–Trinajstić information content (AvgIpc) is 2.60. The second-order valence-electron chi connectivity index (χ2n) is 8.40. The molecule has 1 saturated heterocycles. The first-order chi connectivity index (χ1) is 11.5. The summed E-state index contributed by atoms with van der Waals surface area (Å²) in [4.78, 5) is 0. The summed E-state index contributed by atoms with van der Waals surface area (Å²) in [7, 11) is 0. The van der Waals surface area contributed by atoms with Gasteiger partial charge in [0.1, 0.15) is 0 Å². The number of nitrogens with one attached hydrogen (secondary N) is 2. The van der Waals surface area contributed by atoms with E-state index in [1.807, 2.05) is 0 Å². The summed E-state index contributed by atoms with van der Waals surface area (Å²) in [5.74, 6) is 2.57. The molecule has 24 heavy (non-hydrogen) atoms. The van der Waals surface area contributed by atoms with Crippen LogP contribution in [0.25, 0.3) is 0 Å². The molecule has 5 unspecified atom stereocenters. The van der Waals surface area contributed by atoms with Gasteiger partial charge in [0, 0.05) is 19.1 Å². The van der Waals surface area contributed by atoms with E-state index in [0.29, 0.717) is 12.1 Å². The third-order valence-corrected chi connectivity index (χ3v) is 5.79. The number of ether oxygens (including phenoxy) is 1. The summed E-state index contributed by atoms with van der Waals surface area (Å²) in [5, 5.41) is 7.09. The smallest absolute Gasteiger partial charge is 0.0850 e. The van der Waals surface area contributed by atoms with Gasteiger partial charge in [-0.1, -0.05) is 66.2 Å². The van der Waals surface area contributed by atoms with E-state index >= 15 is 0 Å². The van der Waals surface area contributed by atoms with Crippen molar-refractivity contribution in [2.24, 2.45) is 17.8 Å². The number of hydrogen-bond acceptors (Lipinski definition) is 3. The van der Waals surface area contributed by atoms with Gasteiger partial charge in [0.05, 0.1) is 12.7 Å². The Labute approximate surface area is 151 Å². The average molecular weight is 341 g/mol. The fourth-order valence-corrected chi connectivity index (χ4v) is 3.51. The summed E-state index contributed by atoms with van der Waals surface area (Å²) in [6.45, 7) is 15.7. The molecule has 1 aliphatic heterocycles. The molecule has 0 bridgehead atoms. The molecule has 2 N–H and O–H groups in total. The minimum absolute atomic E-state index is 0.330. The van der Waals surface area contributed by atoms with Crippen LogP contribution in [-0.4, -0.2) is 38.4 Å². The highest BCUT2D eigenvalue weighted by Crippen LogP contribution is 2.20. The normalized spacial score (nSPS) is 23.6. The van der Waals surface area contributed by atoms with E-state index in [1.54, 1.807) is 0 Å². The molecule has 0 saturated carbocycles. The molecule has 0 aromatic rings. The predicted octanol–water partition coefficient (Wildman–Crippen LogP) is 4.61. The molecule has 0 aromatic heterocycles. The van der Waals surface area contributed by atoms with Crippen LogP contribution in [0.2, 0.25) is 0 Å². The topological polar surface area (TPSA) is 33.3 Å². The van der Waals surface area contributed by atoms with Crippen molar-refractivity contribution in [3.63, 3.8) is 0 Å². The maximum atomic E-state index is 5.82. The fourth-order valence-electron chi connectivity index (χ4n) is 3.51. The predicted molar refractivity (Wildman–Crippen MR) is 106 cm³/mol. The lowest BCUT2D eigenvalue weighted by Crippen LogP contribution is -2.50. The quantitative estimate of drug-likeness (QED) is 0.513. The molecule has 1 fully saturated rings. The van der Waals surface area contributed by atoms with Gasteiger partial charge < -0.3 is 15.4 Å². The van der Waals surface area contributed by atoms with Crippen LogP contribution in [0.3, 0.4) is 0 Å². The highest BCUT2D eigenvalue weighted by Gasteiger charge is 2.20. The Morgan fingerprint density at radius 3 is 2.17 bits per heavy atom. The van der Waals surface area contributed by atoms with Crippen molar-refractivity contribution in [3.05, 3.63) is 0 Å². The molecule has 0 aromatic carbocycles. The van der Waals surface area contributed by atoms with Gasteiger partial charge in [-0.3, -0.25) is 0 Å². The Hall–Kier alpha value is -0.120. The molecule has 1 heterocycles. The first kappa shape index (κ1) is 21.9. The summed E-state index contributed by atoms with van der Waals surface area (Å²) in [5.41, 5.74) is 0. The maximum absolute atomic E-state index is 5.82. The minimum atomic E-state index is 0.330. The first-order valence-electron chi connectivity index (χ1n) is 10.6. The first-order valence-corrected chi connectivity index (χ1v) is 10.6. The van der Waals surface area contributed by atoms with Crippen molar-refractivity contribution < 1.29 is 4.74 Å². The van der Waals surface area contributed by atoms with Gasteiger partial charge in [0.2, 0.25) is 0 Å². The van der Waals surface area contributed by atoms with E-state index in [0.717, 1.165) is 44.0 Å². The summed E-state index contributed by atoms with van der Waals surface area (Å²) in [6.07, 6.45) is 10.0. The number of morpholine rings is 1. The molecule has 1 aliphatic rings. The second kappa shape index (κ2) is 13.1. The van der Waals surface area contributed by atoms with Crippen molar-refractivity contribution >= 4 is 0 Å². The Bertz CT molecular complexity index is 292. The summed E-state index contributed by atoms with van der Waals surface area (Å²) in [6, 6.07) is 0.444. The third kappa shape index (κ3) is 10.0. The fraction of sp³-hybridized carbons (Fsp3) is 1.00. The highest BCUT2D eigenvalue weighted by molar-refractivity contribution is 4.78. The van der Waals surface area contributed by atoms with Crippen LogP contribution in [-0.2, 0) is 4.74 Å². The van der Waals surface area contributed by atoms with Crippen LogP contribution in [0.5, 0.6) is 0 Å². The lowest BCUT2D eigenvalue weighted by Gasteiger charge is -2.30. The van der Waals surface area contributed by atoms with Gasteiger partial charge in [0.15, 0.2) is 0 Å². The highest BCUT2D eigenvalue weighted by atomic mass is 16.5. The molecule has 0 amide bonds. The van der Waals surface area contributed by atoms with Gasteiger partial charge >= 0.3 is 0 Å². The van der Waals surface area contributed by atoms with Crippen LogP contribution in [0.4, 0.5) is 0 Å². The summed E-state index contributed by atoms with van der Waals surface area (Å²) >= 11 is 0. The Morgan fingerprint density at radius 1 is 0.958 bits per heavy atom. The molecular formula is C21H44N2O. The minimum Gasteiger partial charge on any atom is -0.374 e. The molecular weight excluding hydrogens is 296 g/mol. The van der Waals surface area contributed by atoms with Gasteiger partial charge in [-0.15, -0.1) is 0 Å². The van der Waals surface area contributed by atoms with Crippen LogP contribution >= 0.6 is 0 Å².